The van der Waals surface area contributed by atoms with E-state index >= 15 is 0 Å². The molecule has 0 unspecified atom stereocenters. The number of ether oxygens (including phenoxy) is 1. The van der Waals surface area contributed by atoms with E-state index in [1.807, 2.05) is 6.92 Å². The van der Waals surface area contributed by atoms with E-state index in [0.29, 0.717) is 25.0 Å². The van der Waals surface area contributed by atoms with E-state index in [2.05, 4.69) is 5.16 Å². The van der Waals surface area contributed by atoms with Crippen molar-refractivity contribution >= 4 is 18.4 Å². The Morgan fingerprint density at radius 3 is 2.63 bits per heavy atom. The number of rotatable bonds is 9. The third kappa shape index (κ3) is 5.71. The van der Waals surface area contributed by atoms with E-state index in [0.717, 1.165) is 16.9 Å². The van der Waals surface area contributed by atoms with Crippen LogP contribution in [0.15, 0.2) is 21.9 Å². The van der Waals surface area contributed by atoms with Gasteiger partial charge in [0.25, 0.3) is 0 Å². The third-order valence-corrected chi connectivity index (χ3v) is 4.49. The summed E-state index contributed by atoms with van der Waals surface area (Å²) in [6.07, 6.45) is 0.477. The van der Waals surface area contributed by atoms with Gasteiger partial charge in [0.05, 0.1) is 17.7 Å². The molecule has 0 bridgehead atoms. The molecule has 1 heterocycles. The molecule has 7 nitrogen and oxygen atoms in total. The lowest BCUT2D eigenvalue weighted by Gasteiger charge is -2.24. The summed E-state index contributed by atoms with van der Waals surface area (Å²) in [5.74, 6) is 0.0949. The highest BCUT2D eigenvalue weighted by Gasteiger charge is 2.39. The Balaban J connectivity index is 2.08. The van der Waals surface area contributed by atoms with Crippen molar-refractivity contribution in [2.45, 2.75) is 58.2 Å². The van der Waals surface area contributed by atoms with Gasteiger partial charge in [0.15, 0.2) is 5.69 Å². The molecule has 2 rings (SSSR count). The zero-order valence-corrected chi connectivity index (χ0v) is 17.2. The number of imide groups is 1. The monoisotopic (exact) mass is 429 g/mol. The van der Waals surface area contributed by atoms with E-state index < -0.39 is 23.3 Å². The first kappa shape index (κ1) is 23.7. The molecule has 0 radical (unpaired) electrons. The standard InChI is InChI=1S/C20H26F3N3O4/c1-4-6-13-11-16-14(17(25-30-16)20(21,22)23)7-8-15(13)29-10-5-9-26(12-27)18(28)19(2,3)24/h7-8,12H,4-6,9-11,24H2,1-3H3. The number of hydrogen-bond acceptors (Lipinski definition) is 6. The van der Waals surface area contributed by atoms with Gasteiger partial charge in [-0.1, -0.05) is 18.5 Å². The van der Waals surface area contributed by atoms with Crippen LogP contribution in [0, 0.1) is 0 Å². The average molecular weight is 429 g/mol. The first-order valence-corrected chi connectivity index (χ1v) is 9.63. The number of allylic oxidation sites excluding steroid dienone is 2. The maximum atomic E-state index is 13.1. The van der Waals surface area contributed by atoms with Gasteiger partial charge in [-0.05, 0) is 44.4 Å². The summed E-state index contributed by atoms with van der Waals surface area (Å²) in [6.45, 7) is 5.25. The molecule has 1 aromatic rings. The Morgan fingerprint density at radius 1 is 1.37 bits per heavy atom. The molecule has 0 saturated heterocycles. The summed E-state index contributed by atoms with van der Waals surface area (Å²) in [5, 5.41) is 3.18. The van der Waals surface area contributed by atoms with E-state index in [1.165, 1.54) is 26.0 Å². The number of alkyl halides is 3. The molecule has 1 aliphatic carbocycles. The highest BCUT2D eigenvalue weighted by molar-refractivity contribution is 5.92. The maximum Gasteiger partial charge on any atom is 0.437 e. The minimum absolute atomic E-state index is 0.0994. The van der Waals surface area contributed by atoms with Gasteiger partial charge in [0, 0.05) is 13.0 Å². The quantitative estimate of drug-likeness (QED) is 0.477. The van der Waals surface area contributed by atoms with Gasteiger partial charge < -0.3 is 15.0 Å². The number of amides is 2. The van der Waals surface area contributed by atoms with Gasteiger partial charge in [0.1, 0.15) is 11.5 Å². The van der Waals surface area contributed by atoms with Crippen LogP contribution in [0.1, 0.15) is 57.1 Å². The van der Waals surface area contributed by atoms with Crippen molar-refractivity contribution < 1.29 is 32.0 Å². The Morgan fingerprint density at radius 2 is 2.07 bits per heavy atom. The lowest BCUT2D eigenvalue weighted by Crippen LogP contribution is -2.51. The molecule has 2 amide bonds. The van der Waals surface area contributed by atoms with Crippen molar-refractivity contribution in [2.75, 3.05) is 13.2 Å². The van der Waals surface area contributed by atoms with Crippen molar-refractivity contribution in [1.29, 1.82) is 0 Å². The lowest BCUT2D eigenvalue weighted by atomic mass is 10.0. The number of halogens is 3. The van der Waals surface area contributed by atoms with Crippen LogP contribution >= 0.6 is 0 Å². The van der Waals surface area contributed by atoms with E-state index in [-0.39, 0.29) is 30.9 Å². The largest absolute Gasteiger partial charge is 0.494 e. The first-order chi connectivity index (χ1) is 14.0. The topological polar surface area (TPSA) is 98.7 Å². The number of nitrogens with two attached hydrogens (primary N) is 1. The fourth-order valence-electron chi connectivity index (χ4n) is 3.05. The Bertz CT molecular complexity index is 835. The van der Waals surface area contributed by atoms with Crippen LogP contribution in [0.3, 0.4) is 0 Å². The molecule has 0 fully saturated rings. The minimum Gasteiger partial charge on any atom is -0.494 e. The van der Waals surface area contributed by atoms with Crippen LogP contribution in [0.2, 0.25) is 0 Å². The summed E-state index contributed by atoms with van der Waals surface area (Å²) >= 11 is 0. The highest BCUT2D eigenvalue weighted by Crippen LogP contribution is 2.36. The normalized spacial score (nSPS) is 14.4. The Hall–Kier alpha value is -2.62. The molecule has 0 aromatic carbocycles. The molecule has 10 heteroatoms. The molecular weight excluding hydrogens is 403 g/mol. The molecule has 166 valence electrons. The fourth-order valence-corrected chi connectivity index (χ4v) is 3.05. The first-order valence-electron chi connectivity index (χ1n) is 9.63. The average Bonchev–Trinajstić information content (AvgIpc) is 2.98. The van der Waals surface area contributed by atoms with Crippen molar-refractivity contribution in [3.05, 3.63) is 34.4 Å². The summed E-state index contributed by atoms with van der Waals surface area (Å²) in [4.78, 5) is 24.2. The lowest BCUT2D eigenvalue weighted by molar-refractivity contribution is -0.143. The summed E-state index contributed by atoms with van der Waals surface area (Å²) in [6, 6.07) is 0. The van der Waals surface area contributed by atoms with Crippen LogP contribution in [0.25, 0.3) is 6.08 Å². The predicted octanol–water partition coefficient (Wildman–Crippen LogP) is 3.45. The van der Waals surface area contributed by atoms with Crippen molar-refractivity contribution in [2.24, 2.45) is 5.73 Å². The summed E-state index contributed by atoms with van der Waals surface area (Å²) in [7, 11) is 0. The van der Waals surface area contributed by atoms with Gasteiger partial charge >= 0.3 is 6.18 Å². The summed E-state index contributed by atoms with van der Waals surface area (Å²) in [5.41, 5.74) is 4.19. The molecular formula is C20H26F3N3O4. The van der Waals surface area contributed by atoms with Crippen LogP contribution in [-0.4, -0.2) is 41.1 Å². The molecule has 2 N–H and O–H groups in total. The van der Waals surface area contributed by atoms with Crippen molar-refractivity contribution in [3.63, 3.8) is 0 Å². The number of nitrogens with zero attached hydrogens (tertiary/aromatic N) is 2. The second-order valence-electron chi connectivity index (χ2n) is 7.62. The molecule has 1 aliphatic rings. The Kier molecular flexibility index (Phi) is 7.46. The second kappa shape index (κ2) is 9.46. The summed E-state index contributed by atoms with van der Waals surface area (Å²) < 4.78 is 50.1. The van der Waals surface area contributed by atoms with Gasteiger partial charge in [-0.3, -0.25) is 14.5 Å². The van der Waals surface area contributed by atoms with E-state index in [1.54, 1.807) is 0 Å². The van der Waals surface area contributed by atoms with Crippen LogP contribution in [0.5, 0.6) is 0 Å². The zero-order chi connectivity index (χ0) is 22.5. The smallest absolute Gasteiger partial charge is 0.437 e. The van der Waals surface area contributed by atoms with Gasteiger partial charge in [-0.15, -0.1) is 0 Å². The van der Waals surface area contributed by atoms with Gasteiger partial charge in [-0.25, -0.2) is 0 Å². The molecule has 0 saturated carbocycles. The number of fused-ring (bicyclic) bond motifs is 1. The zero-order valence-electron chi connectivity index (χ0n) is 17.2. The maximum absolute atomic E-state index is 13.1. The number of hydrogen-bond donors (Lipinski definition) is 1. The van der Waals surface area contributed by atoms with Gasteiger partial charge in [0.2, 0.25) is 12.3 Å². The SMILES string of the molecule is CCCC1=C(OCCCN(C=O)C(=O)C(C)(C)N)C=Cc2c(C(F)(F)F)noc2C1. The molecule has 0 atom stereocenters. The number of carbonyl (C=O) groups excluding carboxylic acids is 2. The molecule has 0 spiro atoms. The third-order valence-electron chi connectivity index (χ3n) is 4.49. The van der Waals surface area contributed by atoms with Crippen molar-refractivity contribution in [1.82, 2.24) is 10.1 Å². The molecule has 1 aromatic heterocycles. The molecule has 30 heavy (non-hydrogen) atoms. The van der Waals surface area contributed by atoms with Crippen LogP contribution in [-0.2, 0) is 26.9 Å². The predicted molar refractivity (Wildman–Crippen MR) is 103 cm³/mol. The number of aromatic nitrogens is 1. The van der Waals surface area contributed by atoms with E-state index in [4.69, 9.17) is 15.0 Å². The minimum atomic E-state index is -4.61. The Labute approximate surface area is 172 Å². The fraction of sp³-hybridized carbons (Fsp3) is 0.550. The highest BCUT2D eigenvalue weighted by atomic mass is 19.4. The number of carbonyl (C=O) groups is 2. The van der Waals surface area contributed by atoms with Crippen LogP contribution < -0.4 is 5.73 Å². The van der Waals surface area contributed by atoms with E-state index in [9.17, 15) is 22.8 Å². The van der Waals surface area contributed by atoms with Crippen LogP contribution in [0.4, 0.5) is 13.2 Å². The second-order valence-corrected chi connectivity index (χ2v) is 7.62. The molecule has 0 aliphatic heterocycles. The van der Waals surface area contributed by atoms with Crippen molar-refractivity contribution in [3.8, 4) is 0 Å². The van der Waals surface area contributed by atoms with Gasteiger partial charge in [-0.2, -0.15) is 13.2 Å².